The molecule has 1 aromatic carbocycles. The third-order valence-electron chi connectivity index (χ3n) is 5.39. The first-order valence-corrected chi connectivity index (χ1v) is 12.2. The number of methoxy groups -OCH3 is 1. The molecule has 3 N–H and O–H groups in total. The normalized spacial score (nSPS) is 19.8. The van der Waals surface area contributed by atoms with Gasteiger partial charge in [0.15, 0.2) is 11.5 Å². The quantitative estimate of drug-likeness (QED) is 0.254. The number of aldehydes is 1. The van der Waals surface area contributed by atoms with Crippen molar-refractivity contribution in [3.8, 4) is 11.5 Å². The Morgan fingerprint density at radius 2 is 2.03 bits per heavy atom. The van der Waals surface area contributed by atoms with Crippen LogP contribution >= 0.6 is 22.6 Å². The van der Waals surface area contributed by atoms with Gasteiger partial charge in [-0.2, -0.15) is 13.2 Å². The standard InChI is InChI=1S/C23H28F3IN2O7/c1-3-4-19(32)29(12-23(24,25)26)16-9-14(22(34)28-5-6-30)10-17(20(16)33)36-21-15(27)7-13(11-31)8-18(21)35-2/h7-8,10-11,16-17,20,30,33H,3-6,9,12H2,1-2H3,(H,28,34). The third kappa shape index (κ3) is 7.80. The minimum atomic E-state index is -4.75. The number of carbonyl (C=O) groups excluding carboxylic acids is 3. The summed E-state index contributed by atoms with van der Waals surface area (Å²) < 4.78 is 51.8. The largest absolute Gasteiger partial charge is 0.493 e. The lowest BCUT2D eigenvalue weighted by molar-refractivity contribution is -0.172. The van der Waals surface area contributed by atoms with E-state index in [1.54, 1.807) is 6.92 Å². The number of aliphatic hydroxyl groups excluding tert-OH is 2. The second kappa shape index (κ2) is 13.2. The Kier molecular flexibility index (Phi) is 11.0. The average Bonchev–Trinajstić information content (AvgIpc) is 2.82. The molecule has 0 saturated carbocycles. The lowest BCUT2D eigenvalue weighted by Crippen LogP contribution is -2.57. The molecule has 3 atom stereocenters. The highest BCUT2D eigenvalue weighted by Crippen LogP contribution is 2.37. The van der Waals surface area contributed by atoms with E-state index >= 15 is 0 Å². The first kappa shape index (κ1) is 29.8. The number of aliphatic hydroxyl groups is 2. The van der Waals surface area contributed by atoms with Crippen LogP contribution in [0.2, 0.25) is 0 Å². The molecule has 13 heteroatoms. The Morgan fingerprint density at radius 1 is 1.33 bits per heavy atom. The summed E-state index contributed by atoms with van der Waals surface area (Å²) in [5.41, 5.74) is 0.269. The van der Waals surface area contributed by atoms with E-state index in [9.17, 15) is 32.7 Å². The predicted octanol–water partition coefficient (Wildman–Crippen LogP) is 2.22. The van der Waals surface area contributed by atoms with Crippen molar-refractivity contribution in [1.82, 2.24) is 10.2 Å². The Hall–Kier alpha value is -2.39. The second-order valence-corrected chi connectivity index (χ2v) is 9.22. The molecule has 36 heavy (non-hydrogen) atoms. The number of amides is 2. The number of halogens is 4. The molecule has 0 aromatic heterocycles. The molecular weight excluding hydrogens is 600 g/mol. The van der Waals surface area contributed by atoms with Crippen LogP contribution in [0, 0.1) is 3.57 Å². The lowest BCUT2D eigenvalue weighted by Gasteiger charge is -2.41. The second-order valence-electron chi connectivity index (χ2n) is 8.05. The molecule has 0 radical (unpaired) electrons. The number of hydrogen-bond acceptors (Lipinski definition) is 7. The molecule has 0 bridgehead atoms. The SMILES string of the molecule is CCCC(=O)N(CC(F)(F)F)C1CC(C(=O)NCCO)=CC(Oc2c(I)cc(C=O)cc2OC)C1O. The molecule has 0 spiro atoms. The highest BCUT2D eigenvalue weighted by atomic mass is 127. The molecule has 3 unspecified atom stereocenters. The number of rotatable bonds is 11. The van der Waals surface area contributed by atoms with Crippen LogP contribution in [0.25, 0.3) is 0 Å². The van der Waals surface area contributed by atoms with E-state index in [-0.39, 0.29) is 55.0 Å². The highest BCUT2D eigenvalue weighted by Gasteiger charge is 2.44. The van der Waals surface area contributed by atoms with Gasteiger partial charge >= 0.3 is 6.18 Å². The number of carbonyl (C=O) groups is 3. The Morgan fingerprint density at radius 3 is 2.58 bits per heavy atom. The van der Waals surface area contributed by atoms with E-state index in [1.807, 2.05) is 22.6 Å². The van der Waals surface area contributed by atoms with Gasteiger partial charge in [0.2, 0.25) is 11.8 Å². The molecule has 9 nitrogen and oxygen atoms in total. The summed E-state index contributed by atoms with van der Waals surface area (Å²) in [6, 6.07) is 1.45. The van der Waals surface area contributed by atoms with Gasteiger partial charge in [0.05, 0.1) is 23.3 Å². The third-order valence-corrected chi connectivity index (χ3v) is 6.19. The van der Waals surface area contributed by atoms with Crippen molar-refractivity contribution >= 4 is 40.7 Å². The number of ether oxygens (including phenoxy) is 2. The Labute approximate surface area is 219 Å². The van der Waals surface area contributed by atoms with Gasteiger partial charge in [-0.05, 0) is 47.2 Å². The van der Waals surface area contributed by atoms with Crippen LogP contribution in [0.5, 0.6) is 11.5 Å². The van der Waals surface area contributed by atoms with Crippen LogP contribution in [0.3, 0.4) is 0 Å². The van der Waals surface area contributed by atoms with Crippen molar-refractivity contribution < 1.29 is 47.2 Å². The van der Waals surface area contributed by atoms with Crippen LogP contribution in [-0.2, 0) is 9.59 Å². The molecule has 0 heterocycles. The van der Waals surface area contributed by atoms with Crippen molar-refractivity contribution in [3.63, 3.8) is 0 Å². The summed E-state index contributed by atoms with van der Waals surface area (Å²) in [5, 5.41) is 22.5. The van der Waals surface area contributed by atoms with E-state index in [0.29, 0.717) is 14.8 Å². The number of benzene rings is 1. The molecule has 1 aromatic rings. The number of nitrogens with zero attached hydrogens (tertiary/aromatic N) is 1. The van der Waals surface area contributed by atoms with Gasteiger partial charge < -0.3 is 29.9 Å². The molecule has 1 aliphatic rings. The van der Waals surface area contributed by atoms with E-state index in [4.69, 9.17) is 14.6 Å². The minimum absolute atomic E-state index is 0.0151. The van der Waals surface area contributed by atoms with Gasteiger partial charge in [-0.1, -0.05) is 6.92 Å². The number of hydrogen-bond donors (Lipinski definition) is 3. The smallest absolute Gasteiger partial charge is 0.406 e. The van der Waals surface area contributed by atoms with Gasteiger partial charge in [-0.15, -0.1) is 0 Å². The summed E-state index contributed by atoms with van der Waals surface area (Å²) in [6.45, 7) is -0.439. The molecule has 0 aliphatic heterocycles. The number of alkyl halides is 3. The topological polar surface area (TPSA) is 125 Å². The van der Waals surface area contributed by atoms with Gasteiger partial charge in [0, 0.05) is 30.5 Å². The van der Waals surface area contributed by atoms with Crippen molar-refractivity contribution in [2.75, 3.05) is 26.8 Å². The average molecular weight is 628 g/mol. The lowest BCUT2D eigenvalue weighted by atomic mass is 9.88. The maximum atomic E-state index is 13.4. The summed E-state index contributed by atoms with van der Waals surface area (Å²) in [5.74, 6) is -1.27. The van der Waals surface area contributed by atoms with Crippen molar-refractivity contribution in [2.45, 2.75) is 50.6 Å². The van der Waals surface area contributed by atoms with Crippen molar-refractivity contribution in [2.24, 2.45) is 0 Å². The zero-order valence-corrected chi connectivity index (χ0v) is 21.8. The molecule has 0 fully saturated rings. The zero-order chi connectivity index (χ0) is 27.0. The van der Waals surface area contributed by atoms with Gasteiger partial charge in [0.1, 0.15) is 25.0 Å². The van der Waals surface area contributed by atoms with E-state index < -0.39 is 42.8 Å². The van der Waals surface area contributed by atoms with Crippen LogP contribution < -0.4 is 14.8 Å². The fourth-order valence-electron chi connectivity index (χ4n) is 3.78. The monoisotopic (exact) mass is 628 g/mol. The molecule has 2 amide bonds. The fraction of sp³-hybridized carbons (Fsp3) is 0.522. The summed E-state index contributed by atoms with van der Waals surface area (Å²) in [6.07, 6.45) is -6.11. The van der Waals surface area contributed by atoms with Crippen LogP contribution in [0.4, 0.5) is 13.2 Å². The van der Waals surface area contributed by atoms with E-state index in [1.165, 1.54) is 25.3 Å². The molecule has 0 saturated heterocycles. The predicted molar refractivity (Wildman–Crippen MR) is 131 cm³/mol. The minimum Gasteiger partial charge on any atom is -0.493 e. The summed E-state index contributed by atoms with van der Waals surface area (Å²) in [7, 11) is 1.32. The van der Waals surface area contributed by atoms with Crippen molar-refractivity contribution in [1.29, 1.82) is 0 Å². The Balaban J connectivity index is 2.53. The highest BCUT2D eigenvalue weighted by molar-refractivity contribution is 14.1. The van der Waals surface area contributed by atoms with E-state index in [2.05, 4.69) is 5.32 Å². The first-order chi connectivity index (χ1) is 16.9. The van der Waals surface area contributed by atoms with Gasteiger partial charge in [-0.25, -0.2) is 0 Å². The van der Waals surface area contributed by atoms with Gasteiger partial charge in [-0.3, -0.25) is 14.4 Å². The van der Waals surface area contributed by atoms with Gasteiger partial charge in [0.25, 0.3) is 0 Å². The molecule has 1 aliphatic carbocycles. The maximum absolute atomic E-state index is 13.4. The van der Waals surface area contributed by atoms with Crippen molar-refractivity contribution in [3.05, 3.63) is 32.9 Å². The summed E-state index contributed by atoms with van der Waals surface area (Å²) >= 11 is 1.87. The maximum Gasteiger partial charge on any atom is 0.406 e. The Bertz CT molecular complexity index is 987. The van der Waals surface area contributed by atoms with E-state index in [0.717, 1.165) is 0 Å². The molecule has 2 rings (SSSR count). The van der Waals surface area contributed by atoms with Crippen LogP contribution in [0.15, 0.2) is 23.8 Å². The summed E-state index contributed by atoms with van der Waals surface area (Å²) in [4.78, 5) is 37.1. The molecular formula is C23H28F3IN2O7. The number of nitrogens with one attached hydrogen (secondary N) is 1. The van der Waals surface area contributed by atoms with Crippen LogP contribution in [0.1, 0.15) is 36.5 Å². The molecule has 200 valence electrons. The fourth-order valence-corrected chi connectivity index (χ4v) is 4.53. The zero-order valence-electron chi connectivity index (χ0n) is 19.7. The van der Waals surface area contributed by atoms with Crippen LogP contribution in [-0.4, -0.2) is 84.4 Å². The first-order valence-electron chi connectivity index (χ1n) is 11.1.